The average Bonchev–Trinajstić information content (AvgIpc) is 3.56. The summed E-state index contributed by atoms with van der Waals surface area (Å²) in [6, 6.07) is 58.5. The molecule has 0 amide bonds. The first-order valence-corrected chi connectivity index (χ1v) is 16.7. The number of fused-ring (bicyclic) bond motifs is 5. The first-order valence-electron chi connectivity index (χ1n) is 16.7. The molecule has 1 heterocycles. The van der Waals surface area contributed by atoms with Crippen LogP contribution < -0.4 is 4.90 Å². The van der Waals surface area contributed by atoms with Crippen molar-refractivity contribution in [3.8, 4) is 33.4 Å². The summed E-state index contributed by atoms with van der Waals surface area (Å²) in [6.45, 7) is 0. The minimum absolute atomic E-state index is 0.893. The second kappa shape index (κ2) is 11.9. The van der Waals surface area contributed by atoms with Gasteiger partial charge in [0.25, 0.3) is 0 Å². The van der Waals surface area contributed by atoms with Crippen LogP contribution in [0.5, 0.6) is 0 Å². The van der Waals surface area contributed by atoms with Gasteiger partial charge in [0.2, 0.25) is 0 Å². The van der Waals surface area contributed by atoms with Crippen molar-refractivity contribution < 1.29 is 4.42 Å². The minimum Gasteiger partial charge on any atom is -0.455 e. The Kier molecular flexibility index (Phi) is 6.98. The molecule has 1 aliphatic carbocycles. The molecule has 48 heavy (non-hydrogen) atoms. The normalized spacial score (nSPS) is 12.3. The van der Waals surface area contributed by atoms with E-state index in [9.17, 15) is 0 Å². The van der Waals surface area contributed by atoms with Crippen LogP contribution >= 0.6 is 0 Å². The van der Waals surface area contributed by atoms with Gasteiger partial charge < -0.3 is 9.32 Å². The summed E-state index contributed by atoms with van der Waals surface area (Å²) in [4.78, 5) is 2.36. The lowest BCUT2D eigenvalue weighted by Crippen LogP contribution is -2.10. The third kappa shape index (κ3) is 4.90. The molecule has 0 unspecified atom stereocenters. The van der Waals surface area contributed by atoms with E-state index in [1.165, 1.54) is 44.5 Å². The number of rotatable bonds is 6. The predicted octanol–water partition coefficient (Wildman–Crippen LogP) is 13.0. The Labute approximate surface area is 280 Å². The van der Waals surface area contributed by atoms with Crippen molar-refractivity contribution >= 4 is 45.1 Å². The van der Waals surface area contributed by atoms with Crippen molar-refractivity contribution in [3.63, 3.8) is 0 Å². The van der Waals surface area contributed by atoms with Crippen LogP contribution in [-0.4, -0.2) is 0 Å². The van der Waals surface area contributed by atoms with Crippen molar-refractivity contribution in [2.24, 2.45) is 0 Å². The van der Waals surface area contributed by atoms with Crippen molar-refractivity contribution in [1.82, 2.24) is 0 Å². The number of furan rings is 1. The number of hydrogen-bond acceptors (Lipinski definition) is 2. The van der Waals surface area contributed by atoms with Crippen LogP contribution in [0.2, 0.25) is 0 Å². The highest BCUT2D eigenvalue weighted by Gasteiger charge is 2.24. The number of allylic oxidation sites excluding steroid dienone is 1. The fraction of sp³-hybridized carbons (Fsp3) is 0.0435. The Balaban J connectivity index is 1.19. The Morgan fingerprint density at radius 1 is 0.500 bits per heavy atom. The molecule has 2 heteroatoms. The minimum atomic E-state index is 0.893. The third-order valence-corrected chi connectivity index (χ3v) is 9.55. The van der Waals surface area contributed by atoms with Gasteiger partial charge in [-0.15, -0.1) is 0 Å². The van der Waals surface area contributed by atoms with Crippen LogP contribution in [0.15, 0.2) is 174 Å². The van der Waals surface area contributed by atoms with Gasteiger partial charge >= 0.3 is 0 Å². The van der Waals surface area contributed by atoms with Crippen LogP contribution in [0.4, 0.5) is 17.1 Å². The highest BCUT2D eigenvalue weighted by atomic mass is 16.3. The lowest BCUT2D eigenvalue weighted by molar-refractivity contribution is 0.667. The second-order valence-corrected chi connectivity index (χ2v) is 12.4. The fourth-order valence-electron chi connectivity index (χ4n) is 7.23. The third-order valence-electron chi connectivity index (χ3n) is 9.55. The van der Waals surface area contributed by atoms with E-state index in [2.05, 4.69) is 181 Å². The number of hydrogen-bond donors (Lipinski definition) is 0. The van der Waals surface area contributed by atoms with Crippen LogP contribution in [0.25, 0.3) is 61.4 Å². The maximum atomic E-state index is 6.74. The van der Waals surface area contributed by atoms with Crippen LogP contribution in [0, 0.1) is 0 Å². The van der Waals surface area contributed by atoms with Crippen LogP contribution in [0.1, 0.15) is 17.5 Å². The number of para-hydroxylation sites is 1. The lowest BCUT2D eigenvalue weighted by atomic mass is 9.87. The topological polar surface area (TPSA) is 16.4 Å². The Morgan fingerprint density at radius 2 is 1.06 bits per heavy atom. The molecule has 0 aliphatic heterocycles. The van der Waals surface area contributed by atoms with Gasteiger partial charge in [0.1, 0.15) is 11.2 Å². The summed E-state index contributed by atoms with van der Waals surface area (Å²) in [7, 11) is 0. The van der Waals surface area contributed by atoms with E-state index in [-0.39, 0.29) is 0 Å². The molecule has 0 bridgehead atoms. The molecule has 7 aromatic carbocycles. The van der Waals surface area contributed by atoms with Gasteiger partial charge in [0, 0.05) is 22.3 Å². The summed E-state index contributed by atoms with van der Waals surface area (Å²) in [6.07, 6.45) is 6.58. The van der Waals surface area contributed by atoms with Crippen molar-refractivity contribution in [2.45, 2.75) is 12.8 Å². The van der Waals surface area contributed by atoms with Gasteiger partial charge in [-0.2, -0.15) is 0 Å². The zero-order chi connectivity index (χ0) is 31.9. The van der Waals surface area contributed by atoms with Gasteiger partial charge in [0.05, 0.1) is 11.1 Å². The molecule has 228 valence electrons. The van der Waals surface area contributed by atoms with Crippen LogP contribution in [0.3, 0.4) is 0 Å². The molecule has 9 rings (SSSR count). The van der Waals surface area contributed by atoms with Crippen LogP contribution in [-0.2, 0) is 6.42 Å². The lowest BCUT2D eigenvalue weighted by Gasteiger charge is -2.26. The van der Waals surface area contributed by atoms with Gasteiger partial charge in [-0.3, -0.25) is 0 Å². The summed E-state index contributed by atoms with van der Waals surface area (Å²) < 4.78 is 6.74. The molecule has 8 aromatic rings. The van der Waals surface area contributed by atoms with E-state index >= 15 is 0 Å². The molecule has 0 saturated carbocycles. The van der Waals surface area contributed by atoms with Crippen molar-refractivity contribution in [2.75, 3.05) is 4.90 Å². The molecule has 0 spiro atoms. The first-order chi connectivity index (χ1) is 23.8. The molecule has 1 aromatic heterocycles. The van der Waals surface area contributed by atoms with Gasteiger partial charge in [-0.25, -0.2) is 0 Å². The Bertz CT molecular complexity index is 2400. The first kappa shape index (κ1) is 28.1. The van der Waals surface area contributed by atoms with Crippen molar-refractivity contribution in [1.29, 1.82) is 0 Å². The summed E-state index contributed by atoms with van der Waals surface area (Å²) in [5.74, 6) is 0. The largest absolute Gasteiger partial charge is 0.455 e. The summed E-state index contributed by atoms with van der Waals surface area (Å²) in [5.41, 5.74) is 15.1. The van der Waals surface area contributed by atoms with Gasteiger partial charge in [-0.1, -0.05) is 133 Å². The quantitative estimate of drug-likeness (QED) is 0.185. The monoisotopic (exact) mass is 615 g/mol. The predicted molar refractivity (Wildman–Crippen MR) is 202 cm³/mol. The molecule has 0 radical (unpaired) electrons. The molecule has 1 aliphatic rings. The van der Waals surface area contributed by atoms with Crippen molar-refractivity contribution in [3.05, 3.63) is 181 Å². The standard InChI is InChI=1S/C46H33NO/c1-4-13-32(14-5-1)33-23-25-34(26-24-33)35-27-29-38(30-28-35)47(37-17-8-3-9-18-37)43-21-12-22-44-45(43)42-31-41(36-15-6-2-7-16-36)39-19-10-11-20-40(39)46(42)48-44/h1-9,11-18,20-31H,10,19H2. The van der Waals surface area contributed by atoms with E-state index in [0.29, 0.717) is 0 Å². The maximum Gasteiger partial charge on any atom is 0.143 e. The molecule has 0 fully saturated rings. The highest BCUT2D eigenvalue weighted by Crippen LogP contribution is 2.46. The second-order valence-electron chi connectivity index (χ2n) is 12.4. The molecule has 0 saturated heterocycles. The maximum absolute atomic E-state index is 6.74. The molecular weight excluding hydrogens is 583 g/mol. The Morgan fingerprint density at radius 3 is 1.73 bits per heavy atom. The Hall–Kier alpha value is -6.12. The molecular formula is C46H33NO. The van der Waals surface area contributed by atoms with E-state index in [1.807, 2.05) is 0 Å². The van der Waals surface area contributed by atoms with E-state index in [1.54, 1.807) is 0 Å². The van der Waals surface area contributed by atoms with Gasteiger partial charge in [0.15, 0.2) is 0 Å². The molecule has 0 N–H and O–H groups in total. The van der Waals surface area contributed by atoms with E-state index < -0.39 is 0 Å². The molecule has 2 nitrogen and oxygen atoms in total. The van der Waals surface area contributed by atoms with E-state index in [0.717, 1.165) is 51.8 Å². The average molecular weight is 616 g/mol. The number of anilines is 3. The van der Waals surface area contributed by atoms with E-state index in [4.69, 9.17) is 4.42 Å². The zero-order valence-electron chi connectivity index (χ0n) is 26.5. The van der Waals surface area contributed by atoms with Gasteiger partial charge in [-0.05, 0) is 94.3 Å². The highest BCUT2D eigenvalue weighted by molar-refractivity contribution is 6.16. The summed E-state index contributed by atoms with van der Waals surface area (Å²) >= 11 is 0. The zero-order valence-corrected chi connectivity index (χ0v) is 26.5. The fourth-order valence-corrected chi connectivity index (χ4v) is 7.23. The summed E-state index contributed by atoms with van der Waals surface area (Å²) in [5, 5.41) is 2.26. The molecule has 0 atom stereocenters. The number of nitrogens with zero attached hydrogens (tertiary/aromatic N) is 1. The smallest absolute Gasteiger partial charge is 0.143 e. The SMILES string of the molecule is C1=Cc2c(c(-c3ccccc3)cc3c2oc2cccc(N(c4ccccc4)c4ccc(-c5ccc(-c6ccccc6)cc5)cc4)c23)CC1. The number of benzene rings is 7.